The van der Waals surface area contributed by atoms with Gasteiger partial charge < -0.3 is 4.42 Å². The van der Waals surface area contributed by atoms with E-state index in [9.17, 15) is 15.1 Å². The summed E-state index contributed by atoms with van der Waals surface area (Å²) in [7, 11) is 0. The molecule has 0 bridgehead atoms. The van der Waals surface area contributed by atoms with Crippen molar-refractivity contribution in [3.8, 4) is 44.5 Å². The quantitative estimate of drug-likeness (QED) is 0.172. The third-order valence-electron chi connectivity index (χ3n) is 7.76. The average Bonchev–Trinajstić information content (AvgIpc) is 4.06. The van der Waals surface area contributed by atoms with Crippen molar-refractivity contribution in [2.24, 2.45) is 0 Å². The second kappa shape index (κ2) is 11.1. The summed E-state index contributed by atoms with van der Waals surface area (Å²) in [4.78, 5) is 0. The van der Waals surface area contributed by atoms with Gasteiger partial charge in [-0.2, -0.15) is 0 Å². The van der Waals surface area contributed by atoms with Gasteiger partial charge in [-0.15, -0.1) is 0 Å². The fourth-order valence-electron chi connectivity index (χ4n) is 5.64. The van der Waals surface area contributed by atoms with Gasteiger partial charge in [-0.25, -0.2) is 0 Å². The summed E-state index contributed by atoms with van der Waals surface area (Å²) in [5.41, 5.74) is -7.12. The zero-order valence-electron chi connectivity index (χ0n) is 54.4. The predicted molar refractivity (Wildman–Crippen MR) is 208 cm³/mol. The van der Waals surface area contributed by atoms with Crippen LogP contribution in [0.2, 0.25) is 0 Å². The molecule has 0 saturated carbocycles. The van der Waals surface area contributed by atoms with Gasteiger partial charge in [0.2, 0.25) is 0 Å². The van der Waals surface area contributed by atoms with Crippen LogP contribution in [0, 0.1) is 0 Å². The molecule has 0 unspecified atom stereocenters. The molecule has 1 aromatic heterocycles. The predicted octanol–water partition coefficient (Wildman–Crippen LogP) is 13.7. The van der Waals surface area contributed by atoms with Gasteiger partial charge in [-0.3, -0.25) is 0 Å². The van der Waals surface area contributed by atoms with E-state index in [1.54, 1.807) is 0 Å². The van der Waals surface area contributed by atoms with Gasteiger partial charge in [0.25, 0.3) is 0 Å². The topological polar surface area (TPSA) is 13.1 Å². The van der Waals surface area contributed by atoms with Gasteiger partial charge >= 0.3 is 0 Å². The van der Waals surface area contributed by atoms with Crippen molar-refractivity contribution in [2.45, 2.75) is 0 Å². The first-order chi connectivity index (χ1) is 36.8. The number of furan rings is 1. The Morgan fingerprint density at radius 3 is 1.41 bits per heavy atom. The van der Waals surface area contributed by atoms with Crippen LogP contribution in [0.4, 0.5) is 0 Å². The Bertz CT molecular complexity index is 4460. The molecule has 1 heterocycles. The van der Waals surface area contributed by atoms with E-state index in [1.165, 1.54) is 0 Å². The summed E-state index contributed by atoms with van der Waals surface area (Å²) in [5.74, 6) is 0. The van der Waals surface area contributed by atoms with Crippen molar-refractivity contribution in [2.75, 3.05) is 0 Å². The van der Waals surface area contributed by atoms with Crippen LogP contribution in [0.5, 0.6) is 0 Å². The first-order valence-corrected chi connectivity index (χ1v) is 14.4. The van der Waals surface area contributed by atoms with Crippen LogP contribution in [-0.4, -0.2) is 0 Å². The molecule has 0 aliphatic carbocycles. The van der Waals surface area contributed by atoms with E-state index in [0.29, 0.717) is 0 Å². The first kappa shape index (κ1) is 11.1. The van der Waals surface area contributed by atoms with E-state index in [2.05, 4.69) is 0 Å². The normalized spacial score (nSPS) is 20.2. The fourth-order valence-corrected chi connectivity index (χ4v) is 5.64. The highest BCUT2D eigenvalue weighted by atomic mass is 16.3. The minimum atomic E-state index is -1.08. The molecule has 0 fully saturated rings. The summed E-state index contributed by atoms with van der Waals surface area (Å²) < 4.78 is 274. The van der Waals surface area contributed by atoms with Crippen LogP contribution in [-0.2, 0) is 0 Å². The number of rotatable bonds is 4. The van der Waals surface area contributed by atoms with E-state index >= 15 is 0 Å². The second-order valence-corrected chi connectivity index (χ2v) is 10.5. The minimum absolute atomic E-state index is 0.508. The smallest absolute Gasteiger partial charge is 0.136 e. The number of fused-ring (bicyclic) bond motifs is 6. The Hall–Kier alpha value is -6.44. The zero-order valence-corrected chi connectivity index (χ0v) is 24.4. The molecule has 228 valence electrons. The van der Waals surface area contributed by atoms with Crippen molar-refractivity contribution >= 4 is 54.3 Å². The summed E-state index contributed by atoms with van der Waals surface area (Å²) in [6.45, 7) is 0. The molecule has 0 N–H and O–H groups in total. The summed E-state index contributed by atoms with van der Waals surface area (Å²) in [6.07, 6.45) is 0. The van der Waals surface area contributed by atoms with Crippen molar-refractivity contribution in [3.63, 3.8) is 0 Å². The van der Waals surface area contributed by atoms with Crippen LogP contribution in [0.1, 0.15) is 41.1 Å². The van der Waals surface area contributed by atoms with E-state index in [4.69, 9.17) is 30.5 Å². The van der Waals surface area contributed by atoms with Gasteiger partial charge in [-0.1, -0.05) is 145 Å². The maximum absolute atomic E-state index is 9.75. The number of benzene rings is 9. The van der Waals surface area contributed by atoms with Crippen LogP contribution in [0.25, 0.3) is 98.8 Å². The standard InChI is InChI=1S/C48H30O/c1-3-11-31(12-4-1)37-23-25-39-44-29-36(24-26-45(44)49-46(39)30-37)34-19-20-35-28-38(22-21-33(35)27-34)48-42-17-9-7-15-40(42)47(32-13-5-2-6-14-32)41-16-8-10-18-43(41)48/h1-30H/i1D,2D,3D,4D,5D,6D,7D,8D,9D,10D,11D,12D,13D,14D,15D,16D,17D,18D,19D,20D,21D,22D,23D,24D,25D,26D,27D,28D,29D,30D. The lowest BCUT2D eigenvalue weighted by molar-refractivity contribution is 0.669. The first-order valence-electron chi connectivity index (χ1n) is 29.4. The molecule has 0 aliphatic rings. The largest absolute Gasteiger partial charge is 0.456 e. The minimum Gasteiger partial charge on any atom is -0.456 e. The lowest BCUT2D eigenvalue weighted by Gasteiger charge is -2.18. The van der Waals surface area contributed by atoms with Gasteiger partial charge in [-0.05, 0) is 113 Å². The molecule has 10 aromatic rings. The highest BCUT2D eigenvalue weighted by Gasteiger charge is 2.17. The molecule has 0 aliphatic heterocycles. The molecule has 0 amide bonds. The monoisotopic (exact) mass is 652 g/mol. The molecule has 10 rings (SSSR count). The summed E-state index contributed by atoms with van der Waals surface area (Å²) >= 11 is 0. The zero-order chi connectivity index (χ0) is 58.4. The third-order valence-corrected chi connectivity index (χ3v) is 7.76. The Morgan fingerprint density at radius 1 is 0.286 bits per heavy atom. The lowest BCUT2D eigenvalue weighted by atomic mass is 9.85. The van der Waals surface area contributed by atoms with Crippen LogP contribution in [0.3, 0.4) is 0 Å². The highest BCUT2D eigenvalue weighted by Crippen LogP contribution is 2.44. The molecular weight excluding hydrogens is 593 g/mol. The summed E-state index contributed by atoms with van der Waals surface area (Å²) in [6, 6.07) is -28.0. The molecule has 0 spiro atoms. The van der Waals surface area contributed by atoms with E-state index in [-0.39, 0.29) is 0 Å². The Labute approximate surface area is 326 Å². The molecule has 1 heteroatoms. The molecule has 0 atom stereocenters. The van der Waals surface area contributed by atoms with Crippen LogP contribution in [0.15, 0.2) is 186 Å². The Balaban J connectivity index is 1.35. The summed E-state index contributed by atoms with van der Waals surface area (Å²) in [5, 5.41) is -5.45. The van der Waals surface area contributed by atoms with Gasteiger partial charge in [0.15, 0.2) is 0 Å². The van der Waals surface area contributed by atoms with Gasteiger partial charge in [0.05, 0.1) is 41.1 Å². The Morgan fingerprint density at radius 2 is 0.755 bits per heavy atom. The number of hydrogen-bond donors (Lipinski definition) is 0. The maximum Gasteiger partial charge on any atom is 0.136 e. The Kier molecular flexibility index (Phi) is 2.50. The van der Waals surface area contributed by atoms with Crippen molar-refractivity contribution in [1.29, 1.82) is 0 Å². The van der Waals surface area contributed by atoms with Crippen molar-refractivity contribution < 1.29 is 45.5 Å². The number of hydrogen-bond acceptors (Lipinski definition) is 1. The van der Waals surface area contributed by atoms with Crippen LogP contribution < -0.4 is 0 Å². The fraction of sp³-hybridized carbons (Fsp3) is 0. The molecular formula is C48H30O. The van der Waals surface area contributed by atoms with Crippen LogP contribution >= 0.6 is 0 Å². The van der Waals surface area contributed by atoms with E-state index in [1.807, 2.05) is 0 Å². The molecule has 49 heavy (non-hydrogen) atoms. The second-order valence-electron chi connectivity index (χ2n) is 10.5. The maximum atomic E-state index is 9.75. The van der Waals surface area contributed by atoms with Crippen molar-refractivity contribution in [1.82, 2.24) is 0 Å². The third kappa shape index (κ3) is 4.55. The van der Waals surface area contributed by atoms with Gasteiger partial charge in [0, 0.05) is 10.8 Å². The molecule has 9 aromatic carbocycles. The van der Waals surface area contributed by atoms with E-state index in [0.717, 1.165) is 0 Å². The highest BCUT2D eigenvalue weighted by molar-refractivity contribution is 6.21. The van der Waals surface area contributed by atoms with Gasteiger partial charge in [0.1, 0.15) is 11.2 Å². The average molecular weight is 653 g/mol. The SMILES string of the molecule is [2H]c1c([2H])c([2H])c(-c2c([2H])c([2H])c3c(oc4c([2H])c([2H])c(-c5c([2H])c([2H])c6c([2H])c(-c7c8c([2H])c([2H])c([2H])c([2H])c8c(-c8c([2H])c([2H])c([2H])c([2H])c8[2H])c8c([2H])c([2H])c([2H])c([2H])c78)c([2H])c([2H])c6c5[2H])c([2H])c43)c2[2H])c([2H])c1[2H]. The van der Waals surface area contributed by atoms with Crippen molar-refractivity contribution in [3.05, 3.63) is 181 Å². The molecule has 0 radical (unpaired) electrons. The lowest BCUT2D eigenvalue weighted by Crippen LogP contribution is -1.90. The molecule has 1 nitrogen and oxygen atoms in total. The van der Waals surface area contributed by atoms with E-state index < -0.39 is 280 Å². The molecule has 0 saturated heterocycles.